The zero-order valence-corrected chi connectivity index (χ0v) is 14.2. The number of aromatic nitrogens is 1. The number of nitrogens with one attached hydrogen (secondary N) is 1. The van der Waals surface area contributed by atoms with Gasteiger partial charge in [-0.05, 0) is 36.4 Å². The second kappa shape index (κ2) is 7.61. The first kappa shape index (κ1) is 16.0. The number of hydrogen-bond donors (Lipinski definition) is 1. The minimum Gasteiger partial charge on any atom is -0.497 e. The van der Waals surface area contributed by atoms with Crippen LogP contribution in [-0.4, -0.2) is 25.4 Å². The molecule has 1 N–H and O–H groups in total. The lowest BCUT2D eigenvalue weighted by atomic mass is 10.2. The third-order valence-electron chi connectivity index (χ3n) is 3.39. The van der Waals surface area contributed by atoms with Crippen LogP contribution in [0.3, 0.4) is 0 Å². The Bertz CT molecular complexity index is 828. The molecule has 0 unspecified atom stereocenters. The zero-order valence-electron chi connectivity index (χ0n) is 13.4. The van der Waals surface area contributed by atoms with E-state index in [4.69, 9.17) is 9.47 Å². The van der Waals surface area contributed by atoms with Gasteiger partial charge in [0.2, 0.25) is 5.13 Å². The van der Waals surface area contributed by atoms with Crippen LogP contribution >= 0.6 is 11.3 Å². The number of nitrogens with zero attached hydrogens (tertiary/aromatic N) is 2. The molecule has 3 rings (SSSR count). The Labute approximate surface area is 144 Å². The molecule has 0 fully saturated rings. The van der Waals surface area contributed by atoms with Crippen molar-refractivity contribution in [3.63, 3.8) is 0 Å². The fourth-order valence-electron chi connectivity index (χ4n) is 2.15. The zero-order chi connectivity index (χ0) is 16.8. The summed E-state index contributed by atoms with van der Waals surface area (Å²) in [5.74, 6) is 1.61. The molecule has 0 bridgehead atoms. The van der Waals surface area contributed by atoms with Gasteiger partial charge in [-0.2, -0.15) is 5.10 Å². The van der Waals surface area contributed by atoms with Crippen LogP contribution in [0.25, 0.3) is 11.3 Å². The van der Waals surface area contributed by atoms with E-state index in [0.29, 0.717) is 0 Å². The summed E-state index contributed by atoms with van der Waals surface area (Å²) in [4.78, 5) is 4.53. The van der Waals surface area contributed by atoms with Gasteiger partial charge in [0.1, 0.15) is 11.5 Å². The van der Waals surface area contributed by atoms with Crippen LogP contribution in [0.5, 0.6) is 11.5 Å². The molecule has 2 aromatic carbocycles. The molecule has 0 radical (unpaired) electrons. The van der Waals surface area contributed by atoms with Gasteiger partial charge >= 0.3 is 0 Å². The molecule has 0 aliphatic rings. The summed E-state index contributed by atoms with van der Waals surface area (Å²) in [6.07, 6.45) is 1.72. The van der Waals surface area contributed by atoms with Crippen molar-refractivity contribution in [2.75, 3.05) is 19.6 Å². The van der Waals surface area contributed by atoms with E-state index in [1.54, 1.807) is 20.4 Å². The average Bonchev–Trinajstić information content (AvgIpc) is 3.11. The number of ether oxygens (including phenoxy) is 2. The van der Waals surface area contributed by atoms with Crippen molar-refractivity contribution in [3.05, 3.63) is 59.5 Å². The number of hydrazone groups is 1. The Kier molecular flexibility index (Phi) is 5.08. The van der Waals surface area contributed by atoms with Gasteiger partial charge in [0.15, 0.2) is 0 Å². The van der Waals surface area contributed by atoms with Crippen LogP contribution in [0.15, 0.2) is 59.0 Å². The van der Waals surface area contributed by atoms with Gasteiger partial charge in [0, 0.05) is 16.5 Å². The second-order valence-electron chi connectivity index (χ2n) is 4.88. The quantitative estimate of drug-likeness (QED) is 0.538. The average molecular weight is 339 g/mol. The molecular weight excluding hydrogens is 322 g/mol. The normalized spacial score (nSPS) is 10.8. The third kappa shape index (κ3) is 3.72. The van der Waals surface area contributed by atoms with Crippen molar-refractivity contribution in [2.45, 2.75) is 0 Å². The van der Waals surface area contributed by atoms with Crippen LogP contribution in [0.4, 0.5) is 5.13 Å². The Balaban J connectivity index is 1.68. The number of anilines is 1. The van der Waals surface area contributed by atoms with Crippen molar-refractivity contribution >= 4 is 22.7 Å². The Morgan fingerprint density at radius 3 is 2.58 bits per heavy atom. The lowest BCUT2D eigenvalue weighted by Gasteiger charge is -2.02. The Morgan fingerprint density at radius 2 is 1.83 bits per heavy atom. The van der Waals surface area contributed by atoms with E-state index in [1.807, 2.05) is 53.9 Å². The second-order valence-corrected chi connectivity index (χ2v) is 5.74. The number of methoxy groups -OCH3 is 2. The highest BCUT2D eigenvalue weighted by atomic mass is 32.1. The summed E-state index contributed by atoms with van der Waals surface area (Å²) in [6.45, 7) is 0. The number of para-hydroxylation sites is 1. The van der Waals surface area contributed by atoms with E-state index in [0.717, 1.165) is 33.5 Å². The molecule has 0 saturated heterocycles. The summed E-state index contributed by atoms with van der Waals surface area (Å²) in [7, 11) is 3.29. The van der Waals surface area contributed by atoms with Crippen LogP contribution in [0.1, 0.15) is 5.56 Å². The molecule has 0 aliphatic heterocycles. The smallest absolute Gasteiger partial charge is 0.203 e. The molecule has 0 aliphatic carbocycles. The van der Waals surface area contributed by atoms with Gasteiger partial charge in [-0.15, -0.1) is 11.3 Å². The SMILES string of the molecule is COc1ccc(-c2csc(N/N=C/c3ccccc3OC)n2)cc1. The van der Waals surface area contributed by atoms with E-state index in [2.05, 4.69) is 15.5 Å². The van der Waals surface area contributed by atoms with Crippen molar-refractivity contribution in [3.8, 4) is 22.8 Å². The summed E-state index contributed by atoms with van der Waals surface area (Å²) in [6, 6.07) is 15.5. The molecule has 6 heteroatoms. The standard InChI is InChI=1S/C18H17N3O2S/c1-22-15-9-7-13(8-10-15)16-12-24-18(20-16)21-19-11-14-5-3-4-6-17(14)23-2/h3-12H,1-2H3,(H,20,21)/b19-11+. The predicted octanol–water partition coefficient (Wildman–Crippen LogP) is 4.27. The van der Waals surface area contributed by atoms with Crippen LogP contribution < -0.4 is 14.9 Å². The van der Waals surface area contributed by atoms with Crippen molar-refractivity contribution in [1.29, 1.82) is 0 Å². The van der Waals surface area contributed by atoms with Gasteiger partial charge in [0.05, 0.1) is 26.1 Å². The van der Waals surface area contributed by atoms with E-state index < -0.39 is 0 Å². The Morgan fingerprint density at radius 1 is 1.04 bits per heavy atom. The molecule has 3 aromatic rings. The third-order valence-corrected chi connectivity index (χ3v) is 4.14. The van der Waals surface area contributed by atoms with Crippen LogP contribution in [-0.2, 0) is 0 Å². The number of thiazole rings is 1. The largest absolute Gasteiger partial charge is 0.497 e. The monoisotopic (exact) mass is 339 g/mol. The minimum atomic E-state index is 0.729. The van der Waals surface area contributed by atoms with E-state index in [1.165, 1.54) is 11.3 Å². The predicted molar refractivity (Wildman–Crippen MR) is 98.3 cm³/mol. The summed E-state index contributed by atoms with van der Waals surface area (Å²) >= 11 is 1.50. The lowest BCUT2D eigenvalue weighted by Crippen LogP contribution is -1.93. The Hall–Kier alpha value is -2.86. The highest BCUT2D eigenvalue weighted by molar-refractivity contribution is 7.14. The molecule has 0 atom stereocenters. The van der Waals surface area contributed by atoms with Crippen molar-refractivity contribution in [2.24, 2.45) is 5.10 Å². The van der Waals surface area contributed by atoms with E-state index >= 15 is 0 Å². The van der Waals surface area contributed by atoms with E-state index in [9.17, 15) is 0 Å². The fourth-order valence-corrected chi connectivity index (χ4v) is 2.82. The summed E-state index contributed by atoms with van der Waals surface area (Å²) in [5, 5.41) is 6.95. The molecule has 0 amide bonds. The maximum absolute atomic E-state index is 5.29. The molecule has 122 valence electrons. The first-order chi connectivity index (χ1) is 11.8. The van der Waals surface area contributed by atoms with Gasteiger partial charge in [-0.3, -0.25) is 5.43 Å². The number of rotatable bonds is 6. The minimum absolute atomic E-state index is 0.729. The number of benzene rings is 2. The maximum atomic E-state index is 5.29. The molecule has 24 heavy (non-hydrogen) atoms. The van der Waals surface area contributed by atoms with Crippen LogP contribution in [0, 0.1) is 0 Å². The maximum Gasteiger partial charge on any atom is 0.203 e. The number of hydrogen-bond acceptors (Lipinski definition) is 6. The van der Waals surface area contributed by atoms with Gasteiger partial charge in [-0.1, -0.05) is 12.1 Å². The topological polar surface area (TPSA) is 55.7 Å². The molecule has 1 aromatic heterocycles. The summed E-state index contributed by atoms with van der Waals surface area (Å²) in [5.41, 5.74) is 5.79. The highest BCUT2D eigenvalue weighted by Crippen LogP contribution is 2.26. The van der Waals surface area contributed by atoms with Gasteiger partial charge in [-0.25, -0.2) is 4.98 Å². The molecule has 0 saturated carbocycles. The first-order valence-electron chi connectivity index (χ1n) is 7.32. The molecule has 5 nitrogen and oxygen atoms in total. The van der Waals surface area contributed by atoms with Crippen molar-refractivity contribution < 1.29 is 9.47 Å². The van der Waals surface area contributed by atoms with Crippen LogP contribution in [0.2, 0.25) is 0 Å². The summed E-state index contributed by atoms with van der Waals surface area (Å²) < 4.78 is 10.5. The first-order valence-corrected chi connectivity index (χ1v) is 8.20. The van der Waals surface area contributed by atoms with E-state index in [-0.39, 0.29) is 0 Å². The molecule has 1 heterocycles. The van der Waals surface area contributed by atoms with Crippen molar-refractivity contribution in [1.82, 2.24) is 4.98 Å². The highest BCUT2D eigenvalue weighted by Gasteiger charge is 2.04. The van der Waals surface area contributed by atoms with Gasteiger partial charge in [0.25, 0.3) is 0 Å². The molecule has 0 spiro atoms. The fraction of sp³-hybridized carbons (Fsp3) is 0.111. The lowest BCUT2D eigenvalue weighted by molar-refractivity contribution is 0.414. The van der Waals surface area contributed by atoms with Gasteiger partial charge < -0.3 is 9.47 Å². The molecular formula is C18H17N3O2S.